The maximum atomic E-state index is 13.3. The number of hydrogen-bond acceptors (Lipinski definition) is 5. The lowest BCUT2D eigenvalue weighted by Crippen LogP contribution is -2.29. The van der Waals surface area contributed by atoms with Crippen molar-refractivity contribution in [2.24, 2.45) is 0 Å². The smallest absolute Gasteiger partial charge is 0.300 e. The number of carbonyl (C=O) groups excluding carboxylic acids is 2. The molecule has 34 heavy (non-hydrogen) atoms. The van der Waals surface area contributed by atoms with Gasteiger partial charge in [-0.25, -0.2) is 0 Å². The van der Waals surface area contributed by atoms with Gasteiger partial charge in [-0.1, -0.05) is 25.4 Å². The van der Waals surface area contributed by atoms with Gasteiger partial charge >= 0.3 is 0 Å². The van der Waals surface area contributed by atoms with E-state index in [1.807, 2.05) is 26.8 Å². The number of pyridine rings is 1. The van der Waals surface area contributed by atoms with Crippen molar-refractivity contribution in [1.29, 1.82) is 0 Å². The minimum atomic E-state index is -0.821. The molecule has 0 bridgehead atoms. The number of amides is 1. The highest BCUT2D eigenvalue weighted by Crippen LogP contribution is 2.42. The molecule has 1 unspecified atom stereocenters. The Bertz CT molecular complexity index is 1250. The van der Waals surface area contributed by atoms with E-state index in [4.69, 9.17) is 16.3 Å². The largest absolute Gasteiger partial charge is 0.507 e. The van der Waals surface area contributed by atoms with Crippen LogP contribution >= 0.6 is 11.6 Å². The third-order valence-corrected chi connectivity index (χ3v) is 6.03. The summed E-state index contributed by atoms with van der Waals surface area (Å²) in [7, 11) is 0. The normalized spacial score (nSPS) is 17.4. The molecule has 1 atom stereocenters. The van der Waals surface area contributed by atoms with Gasteiger partial charge in [-0.15, -0.1) is 0 Å². The van der Waals surface area contributed by atoms with Crippen molar-refractivity contribution in [3.63, 3.8) is 0 Å². The van der Waals surface area contributed by atoms with Gasteiger partial charge in [0.15, 0.2) is 0 Å². The predicted octanol–water partition coefficient (Wildman–Crippen LogP) is 5.88. The van der Waals surface area contributed by atoms with Gasteiger partial charge in [-0.3, -0.25) is 19.5 Å². The number of ether oxygens (including phenoxy) is 1. The van der Waals surface area contributed by atoms with E-state index in [9.17, 15) is 14.7 Å². The molecular formula is C27H25ClN2O4. The van der Waals surface area contributed by atoms with Gasteiger partial charge in [0.25, 0.3) is 11.7 Å². The molecule has 1 saturated heterocycles. The lowest BCUT2D eigenvalue weighted by molar-refractivity contribution is -0.132. The molecule has 1 N–H and O–H groups in total. The quantitative estimate of drug-likeness (QED) is 0.273. The number of nitrogens with zero attached hydrogens (tertiary/aromatic N) is 2. The van der Waals surface area contributed by atoms with E-state index in [0.717, 1.165) is 11.3 Å². The molecule has 174 valence electrons. The number of aromatic nitrogens is 1. The molecule has 3 aromatic rings. The van der Waals surface area contributed by atoms with E-state index >= 15 is 0 Å². The van der Waals surface area contributed by atoms with Crippen molar-refractivity contribution in [2.75, 3.05) is 11.5 Å². The number of anilines is 1. The van der Waals surface area contributed by atoms with Crippen molar-refractivity contribution >= 4 is 34.7 Å². The van der Waals surface area contributed by atoms with Crippen LogP contribution in [0.5, 0.6) is 5.75 Å². The standard InChI is InChI=1S/C27H25ClN2O4/c1-4-34-22-10-5-18(15-21(22)16(2)3)25(31)23-24(17-11-13-29-14-12-17)30(27(33)26(23)32)20-8-6-19(28)7-9-20/h5-16,24,31H,4H2,1-3H3/b25-23-. The Morgan fingerprint density at radius 1 is 1.09 bits per heavy atom. The van der Waals surface area contributed by atoms with Crippen molar-refractivity contribution in [3.05, 3.63) is 94.3 Å². The van der Waals surface area contributed by atoms with Gasteiger partial charge < -0.3 is 9.84 Å². The Kier molecular flexibility index (Phi) is 6.70. The Labute approximate surface area is 203 Å². The number of halogens is 1. The lowest BCUT2D eigenvalue weighted by Gasteiger charge is -2.25. The van der Waals surface area contributed by atoms with Crippen molar-refractivity contribution in [3.8, 4) is 5.75 Å². The summed E-state index contributed by atoms with van der Waals surface area (Å²) in [4.78, 5) is 31.9. The number of rotatable bonds is 6. The molecule has 1 fully saturated rings. The Morgan fingerprint density at radius 3 is 2.38 bits per heavy atom. The van der Waals surface area contributed by atoms with Crippen LogP contribution in [-0.4, -0.2) is 28.4 Å². The molecule has 7 heteroatoms. The highest BCUT2D eigenvalue weighted by molar-refractivity contribution is 6.51. The average molecular weight is 477 g/mol. The molecule has 0 spiro atoms. The Hall–Kier alpha value is -3.64. The molecule has 2 aromatic carbocycles. The Morgan fingerprint density at radius 2 is 1.76 bits per heavy atom. The van der Waals surface area contributed by atoms with Crippen LogP contribution in [0.15, 0.2) is 72.6 Å². The minimum absolute atomic E-state index is 0.0185. The van der Waals surface area contributed by atoms with Crippen LogP contribution in [0.1, 0.15) is 49.4 Å². The first kappa shape index (κ1) is 23.5. The summed E-state index contributed by atoms with van der Waals surface area (Å²) in [6.45, 7) is 6.47. The number of aliphatic hydroxyl groups excluding tert-OH is 1. The first-order valence-electron chi connectivity index (χ1n) is 11.1. The number of benzene rings is 2. The SMILES string of the molecule is CCOc1ccc(/C(O)=C2/C(=O)C(=O)N(c3ccc(Cl)cc3)C2c2ccncc2)cc1C(C)C. The fourth-order valence-electron chi connectivity index (χ4n) is 4.15. The number of aliphatic hydroxyl groups is 1. The van der Waals surface area contributed by atoms with E-state index in [2.05, 4.69) is 4.98 Å². The van der Waals surface area contributed by atoms with Crippen LogP contribution in [0.2, 0.25) is 5.02 Å². The van der Waals surface area contributed by atoms with Crippen LogP contribution in [0.4, 0.5) is 5.69 Å². The van der Waals surface area contributed by atoms with E-state index in [1.165, 1.54) is 4.90 Å². The highest BCUT2D eigenvalue weighted by atomic mass is 35.5. The minimum Gasteiger partial charge on any atom is -0.507 e. The molecule has 0 saturated carbocycles. The summed E-state index contributed by atoms with van der Waals surface area (Å²) < 4.78 is 5.73. The highest BCUT2D eigenvalue weighted by Gasteiger charge is 2.47. The zero-order valence-corrected chi connectivity index (χ0v) is 19.9. The summed E-state index contributed by atoms with van der Waals surface area (Å²) >= 11 is 6.03. The van der Waals surface area contributed by atoms with Crippen molar-refractivity contribution in [1.82, 2.24) is 4.98 Å². The zero-order valence-electron chi connectivity index (χ0n) is 19.2. The lowest BCUT2D eigenvalue weighted by atomic mass is 9.93. The van der Waals surface area contributed by atoms with E-state index in [-0.39, 0.29) is 17.3 Å². The fraction of sp³-hybridized carbons (Fsp3) is 0.222. The Balaban J connectivity index is 1.91. The van der Waals surface area contributed by atoms with Crippen LogP contribution in [0.25, 0.3) is 5.76 Å². The molecule has 1 aromatic heterocycles. The summed E-state index contributed by atoms with van der Waals surface area (Å²) in [5.74, 6) is -0.861. The molecule has 1 aliphatic rings. The van der Waals surface area contributed by atoms with Crippen LogP contribution in [-0.2, 0) is 9.59 Å². The predicted molar refractivity (Wildman–Crippen MR) is 132 cm³/mol. The van der Waals surface area contributed by atoms with Crippen LogP contribution in [0.3, 0.4) is 0 Å². The van der Waals surface area contributed by atoms with Crippen LogP contribution < -0.4 is 9.64 Å². The first-order valence-corrected chi connectivity index (χ1v) is 11.4. The molecular weight excluding hydrogens is 452 g/mol. The molecule has 0 aliphatic carbocycles. The zero-order chi connectivity index (χ0) is 24.4. The third-order valence-electron chi connectivity index (χ3n) is 5.78. The second-order valence-corrected chi connectivity index (χ2v) is 8.70. The van der Waals surface area contributed by atoms with Crippen LogP contribution in [0, 0.1) is 0 Å². The van der Waals surface area contributed by atoms with Gasteiger partial charge in [0.05, 0.1) is 18.2 Å². The third kappa shape index (κ3) is 4.29. The van der Waals surface area contributed by atoms with E-state index < -0.39 is 17.7 Å². The molecule has 1 amide bonds. The van der Waals surface area contributed by atoms with Gasteiger partial charge in [0.1, 0.15) is 11.5 Å². The fourth-order valence-corrected chi connectivity index (χ4v) is 4.28. The van der Waals surface area contributed by atoms with E-state index in [0.29, 0.717) is 28.4 Å². The van der Waals surface area contributed by atoms with Crippen molar-refractivity contribution < 1.29 is 19.4 Å². The molecule has 2 heterocycles. The summed E-state index contributed by atoms with van der Waals surface area (Å²) in [6.07, 6.45) is 3.18. The first-order chi connectivity index (χ1) is 16.3. The number of hydrogen-bond donors (Lipinski definition) is 1. The summed E-state index contributed by atoms with van der Waals surface area (Å²) in [5.41, 5.74) is 2.52. The second-order valence-electron chi connectivity index (χ2n) is 8.27. The molecule has 0 radical (unpaired) electrons. The number of ketones is 1. The number of Topliss-reactive ketones (excluding diaryl/α,β-unsaturated/α-hetero) is 1. The molecule has 1 aliphatic heterocycles. The summed E-state index contributed by atoms with van der Waals surface area (Å²) in [6, 6.07) is 14.6. The maximum absolute atomic E-state index is 13.3. The summed E-state index contributed by atoms with van der Waals surface area (Å²) in [5, 5.41) is 11.9. The van der Waals surface area contributed by atoms with Gasteiger partial charge in [0.2, 0.25) is 0 Å². The van der Waals surface area contributed by atoms with Gasteiger partial charge in [-0.05, 0) is 78.6 Å². The topological polar surface area (TPSA) is 79.7 Å². The van der Waals surface area contributed by atoms with Crippen molar-refractivity contribution in [2.45, 2.75) is 32.7 Å². The monoisotopic (exact) mass is 476 g/mol. The average Bonchev–Trinajstić information content (AvgIpc) is 3.10. The number of carbonyl (C=O) groups is 2. The second kappa shape index (κ2) is 9.69. The molecule has 4 rings (SSSR count). The van der Waals surface area contributed by atoms with E-state index in [1.54, 1.807) is 60.9 Å². The van der Waals surface area contributed by atoms with Gasteiger partial charge in [0, 0.05) is 28.7 Å². The maximum Gasteiger partial charge on any atom is 0.300 e. The molecule has 6 nitrogen and oxygen atoms in total. The van der Waals surface area contributed by atoms with Gasteiger partial charge in [-0.2, -0.15) is 0 Å².